The summed E-state index contributed by atoms with van der Waals surface area (Å²) in [5, 5.41) is 3.40. The number of carbonyl (C=O) groups excluding carboxylic acids is 2. The molecule has 166 valence electrons. The second-order valence-corrected chi connectivity index (χ2v) is 9.96. The normalized spacial score (nSPS) is 19.9. The zero-order chi connectivity index (χ0) is 22.8. The Labute approximate surface area is 186 Å². The highest BCUT2D eigenvalue weighted by Crippen LogP contribution is 2.31. The van der Waals surface area contributed by atoms with Crippen molar-refractivity contribution < 1.29 is 22.7 Å². The maximum absolute atomic E-state index is 13.3. The van der Waals surface area contributed by atoms with Crippen molar-refractivity contribution in [3.63, 3.8) is 0 Å². The van der Waals surface area contributed by atoms with Crippen LogP contribution < -0.4 is 15.0 Å². The van der Waals surface area contributed by atoms with Crippen molar-refractivity contribution in [1.82, 2.24) is 9.62 Å². The van der Waals surface area contributed by atoms with Gasteiger partial charge in [-0.05, 0) is 48.9 Å². The summed E-state index contributed by atoms with van der Waals surface area (Å²) in [5.41, 5.74) is -0.165. The van der Waals surface area contributed by atoms with Gasteiger partial charge in [0.1, 0.15) is 11.3 Å². The SMILES string of the molecule is COc1ccc(N2C(=O)CN(S(C)(=O)=O)C[C@]2(C)C(=O)NCc2ccc(Cl)cc2)cc1. The average molecular weight is 466 g/mol. The number of anilines is 1. The van der Waals surface area contributed by atoms with Crippen LogP contribution in [0, 0.1) is 0 Å². The first-order chi connectivity index (χ1) is 14.5. The summed E-state index contributed by atoms with van der Waals surface area (Å²) in [4.78, 5) is 27.7. The molecule has 2 aromatic carbocycles. The molecular formula is C21H24ClN3O5S. The van der Waals surface area contributed by atoms with E-state index in [9.17, 15) is 18.0 Å². The van der Waals surface area contributed by atoms with Crippen molar-refractivity contribution in [2.75, 3.05) is 31.4 Å². The minimum Gasteiger partial charge on any atom is -0.497 e. The predicted molar refractivity (Wildman–Crippen MR) is 119 cm³/mol. The molecular weight excluding hydrogens is 442 g/mol. The predicted octanol–water partition coefficient (Wildman–Crippen LogP) is 2.03. The van der Waals surface area contributed by atoms with E-state index in [1.54, 1.807) is 55.5 Å². The summed E-state index contributed by atoms with van der Waals surface area (Å²) < 4.78 is 30.5. The Hall–Kier alpha value is -2.62. The number of rotatable bonds is 6. The highest BCUT2D eigenvalue weighted by Gasteiger charge is 2.50. The van der Waals surface area contributed by atoms with Gasteiger partial charge in [-0.1, -0.05) is 23.7 Å². The third kappa shape index (κ3) is 5.00. The van der Waals surface area contributed by atoms with Crippen LogP contribution in [-0.2, 0) is 26.2 Å². The van der Waals surface area contributed by atoms with Gasteiger partial charge in [-0.3, -0.25) is 14.5 Å². The van der Waals surface area contributed by atoms with E-state index >= 15 is 0 Å². The molecule has 10 heteroatoms. The topological polar surface area (TPSA) is 96.0 Å². The highest BCUT2D eigenvalue weighted by atomic mass is 35.5. The number of hydrogen-bond donors (Lipinski definition) is 1. The summed E-state index contributed by atoms with van der Waals surface area (Å²) in [7, 11) is -2.15. The molecule has 31 heavy (non-hydrogen) atoms. The molecule has 8 nitrogen and oxygen atoms in total. The molecule has 1 heterocycles. The fraction of sp³-hybridized carbons (Fsp3) is 0.333. The lowest BCUT2D eigenvalue weighted by Gasteiger charge is -2.46. The Kier molecular flexibility index (Phi) is 6.59. The van der Waals surface area contributed by atoms with E-state index in [-0.39, 0.29) is 19.6 Å². The van der Waals surface area contributed by atoms with Crippen LogP contribution in [0.1, 0.15) is 12.5 Å². The molecule has 0 saturated carbocycles. The van der Waals surface area contributed by atoms with Crippen molar-refractivity contribution in [3.05, 3.63) is 59.1 Å². The zero-order valence-electron chi connectivity index (χ0n) is 17.5. The molecule has 1 fully saturated rings. The quantitative estimate of drug-likeness (QED) is 0.704. The number of sulfonamides is 1. The molecule has 1 atom stereocenters. The number of hydrogen-bond acceptors (Lipinski definition) is 5. The first-order valence-electron chi connectivity index (χ1n) is 9.49. The Morgan fingerprint density at radius 2 is 1.77 bits per heavy atom. The number of carbonyl (C=O) groups is 2. The van der Waals surface area contributed by atoms with Gasteiger partial charge < -0.3 is 10.1 Å². The van der Waals surface area contributed by atoms with E-state index in [0.717, 1.165) is 16.1 Å². The van der Waals surface area contributed by atoms with Gasteiger partial charge in [0.2, 0.25) is 21.8 Å². The molecule has 0 aromatic heterocycles. The van der Waals surface area contributed by atoms with Crippen LogP contribution in [-0.4, -0.2) is 56.5 Å². The van der Waals surface area contributed by atoms with Crippen LogP contribution in [0.4, 0.5) is 5.69 Å². The molecule has 0 bridgehead atoms. The van der Waals surface area contributed by atoms with Gasteiger partial charge >= 0.3 is 0 Å². The van der Waals surface area contributed by atoms with E-state index in [0.29, 0.717) is 16.5 Å². The number of nitrogens with one attached hydrogen (secondary N) is 1. The fourth-order valence-corrected chi connectivity index (χ4v) is 4.47. The van der Waals surface area contributed by atoms with Crippen LogP contribution in [0.3, 0.4) is 0 Å². The molecule has 1 N–H and O–H groups in total. The average Bonchev–Trinajstić information content (AvgIpc) is 2.72. The van der Waals surface area contributed by atoms with Gasteiger partial charge in [0.15, 0.2) is 0 Å². The number of benzene rings is 2. The smallest absolute Gasteiger partial charge is 0.247 e. The van der Waals surface area contributed by atoms with Gasteiger partial charge in [0.25, 0.3) is 0 Å². The molecule has 1 aliphatic heterocycles. The third-order valence-corrected chi connectivity index (χ3v) is 6.64. The maximum atomic E-state index is 13.3. The van der Waals surface area contributed by atoms with Crippen molar-refractivity contribution in [2.24, 2.45) is 0 Å². The summed E-state index contributed by atoms with van der Waals surface area (Å²) in [6, 6.07) is 13.7. The summed E-state index contributed by atoms with van der Waals surface area (Å²) in [6.45, 7) is 1.25. The molecule has 0 unspecified atom stereocenters. The number of halogens is 1. The van der Waals surface area contributed by atoms with E-state index in [2.05, 4.69) is 5.32 Å². The molecule has 0 radical (unpaired) electrons. The van der Waals surface area contributed by atoms with Crippen LogP contribution in [0.5, 0.6) is 5.75 Å². The van der Waals surface area contributed by atoms with Crippen LogP contribution in [0.15, 0.2) is 48.5 Å². The number of nitrogens with zero attached hydrogens (tertiary/aromatic N) is 2. The largest absolute Gasteiger partial charge is 0.497 e. The van der Waals surface area contributed by atoms with E-state index in [4.69, 9.17) is 16.3 Å². The molecule has 3 rings (SSSR count). The third-order valence-electron chi connectivity index (χ3n) is 5.19. The van der Waals surface area contributed by atoms with Crippen molar-refractivity contribution >= 4 is 39.1 Å². The first-order valence-corrected chi connectivity index (χ1v) is 11.7. The molecule has 1 saturated heterocycles. The van der Waals surface area contributed by atoms with Crippen molar-refractivity contribution in [1.29, 1.82) is 0 Å². The highest BCUT2D eigenvalue weighted by molar-refractivity contribution is 7.88. The van der Waals surface area contributed by atoms with E-state index in [1.807, 2.05) is 0 Å². The lowest BCUT2D eigenvalue weighted by Crippen LogP contribution is -2.70. The molecule has 1 aliphatic rings. The Balaban J connectivity index is 1.93. The van der Waals surface area contributed by atoms with E-state index in [1.165, 1.54) is 12.0 Å². The molecule has 0 spiro atoms. The van der Waals surface area contributed by atoms with Gasteiger partial charge in [0, 0.05) is 23.8 Å². The number of ether oxygens (including phenoxy) is 1. The maximum Gasteiger partial charge on any atom is 0.247 e. The number of piperazine rings is 1. The zero-order valence-corrected chi connectivity index (χ0v) is 19.0. The lowest BCUT2D eigenvalue weighted by molar-refractivity contribution is -0.133. The van der Waals surface area contributed by atoms with Crippen LogP contribution >= 0.6 is 11.6 Å². The molecule has 2 aromatic rings. The van der Waals surface area contributed by atoms with Gasteiger partial charge in [-0.25, -0.2) is 8.42 Å². The minimum atomic E-state index is -3.68. The lowest BCUT2D eigenvalue weighted by atomic mass is 9.94. The molecule has 0 aliphatic carbocycles. The van der Waals surface area contributed by atoms with Gasteiger partial charge in [-0.2, -0.15) is 4.31 Å². The monoisotopic (exact) mass is 465 g/mol. The van der Waals surface area contributed by atoms with Crippen molar-refractivity contribution in [2.45, 2.75) is 19.0 Å². The second-order valence-electron chi connectivity index (χ2n) is 7.54. The summed E-state index contributed by atoms with van der Waals surface area (Å²) >= 11 is 5.90. The van der Waals surface area contributed by atoms with Crippen LogP contribution in [0.2, 0.25) is 5.02 Å². The Bertz CT molecular complexity index is 1070. The van der Waals surface area contributed by atoms with Gasteiger partial charge in [-0.15, -0.1) is 0 Å². The first kappa shape index (κ1) is 23.1. The second kappa shape index (κ2) is 8.86. The summed E-state index contributed by atoms with van der Waals surface area (Å²) in [5.74, 6) is -0.370. The number of methoxy groups -OCH3 is 1. The Morgan fingerprint density at radius 3 is 2.32 bits per heavy atom. The van der Waals surface area contributed by atoms with E-state index < -0.39 is 27.4 Å². The number of amides is 2. The van der Waals surface area contributed by atoms with Crippen molar-refractivity contribution in [3.8, 4) is 5.75 Å². The molecule has 2 amide bonds. The standard InChI is InChI=1S/C21H24ClN3O5S/c1-21(20(27)23-12-15-4-6-16(22)7-5-15)14-24(31(3,28)29)13-19(26)25(21)17-8-10-18(30-2)11-9-17/h4-11H,12-14H2,1-3H3,(H,23,27)/t21-/m1/s1. The van der Waals surface area contributed by atoms with Gasteiger partial charge in [0.05, 0.1) is 19.9 Å². The minimum absolute atomic E-state index is 0.171. The summed E-state index contributed by atoms with van der Waals surface area (Å²) in [6.07, 6.45) is 1.02. The fourth-order valence-electron chi connectivity index (χ4n) is 3.51. The Morgan fingerprint density at radius 1 is 1.16 bits per heavy atom. The van der Waals surface area contributed by atoms with Crippen LogP contribution in [0.25, 0.3) is 0 Å².